The normalized spacial score (nSPS) is 14.0. The Hall–Kier alpha value is -8.90. The third kappa shape index (κ3) is 23.1. The second kappa shape index (κ2) is 32.7. The van der Waals surface area contributed by atoms with Gasteiger partial charge in [-0.15, -0.1) is 0 Å². The number of anilines is 3. The minimum absolute atomic E-state index is 0.00962. The van der Waals surface area contributed by atoms with E-state index in [9.17, 15) is 67.7 Å². The Morgan fingerprint density at radius 3 is 1.99 bits per heavy atom. The van der Waals surface area contributed by atoms with E-state index < -0.39 is 104 Å². The summed E-state index contributed by atoms with van der Waals surface area (Å²) in [5.74, 6) is -3.18. The largest absolute Gasteiger partial charge is 0.489 e. The first-order valence-corrected chi connectivity index (χ1v) is 31.9. The van der Waals surface area contributed by atoms with Crippen molar-refractivity contribution in [2.45, 2.75) is 94.0 Å². The van der Waals surface area contributed by atoms with E-state index in [-0.39, 0.29) is 87.5 Å². The Labute approximate surface area is 523 Å². The Bertz CT molecular complexity index is 3780. The Morgan fingerprint density at radius 2 is 1.46 bits per heavy atom. The van der Waals surface area contributed by atoms with Gasteiger partial charge in [0.05, 0.1) is 54.7 Å². The maximum Gasteiger partial charge on any atom is 0.427 e. The van der Waals surface area contributed by atoms with Crippen molar-refractivity contribution in [1.82, 2.24) is 44.2 Å². The maximum absolute atomic E-state index is 14.3. The number of nitrogens with two attached hydrogens (primary N) is 1. The number of hydrogen-bond donors (Lipinski definition) is 7. The number of amides is 7. The molecule has 7 amide bonds. The lowest BCUT2D eigenvalue weighted by Gasteiger charge is -2.18. The van der Waals surface area contributed by atoms with Gasteiger partial charge in [0.2, 0.25) is 23.7 Å². The number of aliphatic carboxylic acids is 1. The predicted octanol–water partition coefficient (Wildman–Crippen LogP) is 6.56. The number of benzene rings is 2. The molecule has 39 heteroatoms. The number of hydrogen-bond acceptors (Lipinski definition) is 23. The highest BCUT2D eigenvalue weighted by molar-refractivity contribution is 7.90. The number of imide groups is 1. The zero-order valence-electron chi connectivity index (χ0n) is 49.8. The molecule has 2 fully saturated rings. The number of cyclic esters (lactones) is 1. The fourth-order valence-electron chi connectivity index (χ4n) is 7.49. The van der Waals surface area contributed by atoms with Crippen LogP contribution in [0.1, 0.15) is 74.1 Å². The van der Waals surface area contributed by atoms with Crippen LogP contribution in [0.2, 0.25) is 5.02 Å². The van der Waals surface area contributed by atoms with Crippen molar-refractivity contribution < 1.29 is 101 Å². The van der Waals surface area contributed by atoms with E-state index in [2.05, 4.69) is 40.5 Å². The number of alkyl halides is 3. The molecule has 0 radical (unpaired) electrons. The number of ether oxygens (including phenoxy) is 5. The number of aryl methyl sites for hydroxylation is 2. The highest BCUT2D eigenvalue weighted by Gasteiger charge is 2.41. The lowest BCUT2D eigenvalue weighted by molar-refractivity contribution is -0.138. The average Bonchev–Trinajstić information content (AvgIpc) is 1.80. The van der Waals surface area contributed by atoms with E-state index in [0.29, 0.717) is 10.5 Å². The number of carboxylic acid groups (broad SMARTS) is 1. The predicted molar refractivity (Wildman–Crippen MR) is 315 cm³/mol. The number of nitrogens with one attached hydrogen (secondary N) is 4. The zero-order valence-corrected chi connectivity index (χ0v) is 53.1. The summed E-state index contributed by atoms with van der Waals surface area (Å²) < 4.78 is 141. The van der Waals surface area contributed by atoms with Crippen molar-refractivity contribution in [3.8, 4) is 23.5 Å². The van der Waals surface area contributed by atoms with E-state index in [0.717, 1.165) is 37.8 Å². The van der Waals surface area contributed by atoms with Crippen molar-refractivity contribution in [2.24, 2.45) is 5.73 Å². The van der Waals surface area contributed by atoms with Crippen LogP contribution in [-0.4, -0.2) is 164 Å². The molecule has 2 aliphatic rings. The van der Waals surface area contributed by atoms with Gasteiger partial charge in [-0.3, -0.25) is 29.6 Å². The lowest BCUT2D eigenvalue weighted by Crippen LogP contribution is -2.36. The molecule has 8 N–H and O–H groups in total. The Kier molecular flexibility index (Phi) is 26.8. The zero-order chi connectivity index (χ0) is 68.3. The minimum Gasteiger partial charge on any atom is -0.489 e. The van der Waals surface area contributed by atoms with Crippen LogP contribution in [-0.2, 0) is 45.4 Å². The highest BCUT2D eigenvalue weighted by atomic mass is 35.5. The van der Waals surface area contributed by atoms with Crippen LogP contribution in [0.5, 0.6) is 23.5 Å². The number of nitrogens with zero attached hydrogens (tertiary/aromatic N) is 8. The van der Waals surface area contributed by atoms with Gasteiger partial charge in [-0.1, -0.05) is 29.8 Å². The molecule has 3 aromatic heterocycles. The summed E-state index contributed by atoms with van der Waals surface area (Å²) >= 11 is 6.04. The number of methoxy groups -OCH3 is 3. The van der Waals surface area contributed by atoms with Crippen molar-refractivity contribution in [1.29, 1.82) is 0 Å². The lowest BCUT2D eigenvalue weighted by atomic mass is 10.1. The van der Waals surface area contributed by atoms with Crippen LogP contribution in [0, 0.1) is 12.7 Å². The molecule has 91 heavy (non-hydrogen) atoms. The van der Waals surface area contributed by atoms with Crippen molar-refractivity contribution in [2.75, 3.05) is 63.8 Å². The molecule has 1 saturated heterocycles. The number of carbonyl (C=O) groups is 6. The molecule has 2 atom stereocenters. The summed E-state index contributed by atoms with van der Waals surface area (Å²) in [5, 5.41) is 12.1. The van der Waals surface area contributed by atoms with Gasteiger partial charge >= 0.3 is 42.2 Å². The minimum atomic E-state index is -4.46. The summed E-state index contributed by atoms with van der Waals surface area (Å²) in [6, 6.07) is 8.01. The second-order valence-corrected chi connectivity index (χ2v) is 25.7. The first kappa shape index (κ1) is 74.6. The van der Waals surface area contributed by atoms with Gasteiger partial charge in [-0.2, -0.15) is 46.5 Å². The SMILES string of the molecule is CC(C)=C1OC(=O)N(c2cc(OC3CCCC3)c(Cl)cc2F)C1=O.COc1cc(OC)nc(NC(=O)NS(=O)(=O)c2ncccc2C(=O)N(C)C)n1.COc1nc(C)nc(NC(=O)NS(=O)(=O)c2ccccc2CCC(F)(F)F)n1.CP(=O)(O)CCC(N)C(=O)O. The third-order valence-corrected chi connectivity index (χ3v) is 15.9. The number of urea groups is 2. The van der Waals surface area contributed by atoms with Crippen LogP contribution < -0.4 is 49.7 Å². The maximum atomic E-state index is 14.3. The van der Waals surface area contributed by atoms with Crippen molar-refractivity contribution in [3.63, 3.8) is 0 Å². The molecule has 1 aliphatic heterocycles. The van der Waals surface area contributed by atoms with Gasteiger partial charge in [0.15, 0.2) is 18.2 Å². The molecule has 1 saturated carbocycles. The third-order valence-electron chi connectivity index (χ3n) is 11.7. The van der Waals surface area contributed by atoms with Crippen LogP contribution in [0.3, 0.4) is 0 Å². The standard InChI is InChI=1S/C17H17ClFNO4.C15H16F3N5O4S.C15H18N6O6S.C5H12NO4P/c1-9(2)15-16(21)20(17(22)24-15)13-8-14(11(18)7-12(13)19)23-10-5-3-4-6-10;1-9-19-12(22-14(20-9)27-2)21-13(24)23-28(25,26)11-6-4-3-5-10(11)7-8-15(16,17)18;1-21(2)13(22)9-6-5-7-16-12(9)28(24,25)20-15(23)19-14-17-10(26-3)8-11(18-14)27-4;1-11(9,10)3-2-4(6)5(7)8/h7-8,10H,3-6H2,1-2H3;3-6H,7-8H2,1-2H3,(H2,19,20,21,22,23,24);5-8H,1-4H3,(H2,17,18,19,20,23);4H,2-3,6H2,1H3,(H,7,8)(H,9,10). The van der Waals surface area contributed by atoms with Crippen LogP contribution in [0.15, 0.2) is 82.0 Å². The summed E-state index contributed by atoms with van der Waals surface area (Å²) in [4.78, 5) is 104. The second-order valence-electron chi connectivity index (χ2n) is 19.5. The molecule has 5 aromatic rings. The summed E-state index contributed by atoms with van der Waals surface area (Å²) in [6.07, 6.45) is -2.01. The highest BCUT2D eigenvalue weighted by Crippen LogP contribution is 2.38. The molecule has 0 bridgehead atoms. The molecule has 0 spiro atoms. The fourth-order valence-corrected chi connectivity index (χ4v) is 10.7. The molecular weight excluding hydrogens is 1300 g/mol. The monoisotopic (exact) mass is 1360 g/mol. The summed E-state index contributed by atoms with van der Waals surface area (Å²) in [5.41, 5.74) is 5.14. The Balaban J connectivity index is 0.000000270. The summed E-state index contributed by atoms with van der Waals surface area (Å²) in [6.45, 7) is 5.95. The fraction of sp³-hybridized carbons (Fsp3) is 0.385. The van der Waals surface area contributed by atoms with E-state index in [1.165, 1.54) is 103 Å². The van der Waals surface area contributed by atoms with Crippen LogP contribution in [0.25, 0.3) is 0 Å². The number of rotatable bonds is 19. The quantitative estimate of drug-likeness (QED) is 0.0261. The summed E-state index contributed by atoms with van der Waals surface area (Å²) in [7, 11) is -5.09. The number of pyridine rings is 1. The number of carboxylic acids is 1. The smallest absolute Gasteiger partial charge is 0.427 e. The van der Waals surface area contributed by atoms with Gasteiger partial charge in [0.1, 0.15) is 23.4 Å². The van der Waals surface area contributed by atoms with E-state index in [4.69, 9.17) is 51.0 Å². The van der Waals surface area contributed by atoms with E-state index >= 15 is 0 Å². The molecular formula is C52H63ClF4N13O18PS2. The van der Waals surface area contributed by atoms with Gasteiger partial charge in [-0.05, 0) is 94.7 Å². The van der Waals surface area contributed by atoms with Gasteiger partial charge < -0.3 is 44.3 Å². The molecule has 496 valence electrons. The first-order valence-electron chi connectivity index (χ1n) is 26.3. The first-order chi connectivity index (χ1) is 42.4. The molecule has 7 rings (SSSR count). The van der Waals surface area contributed by atoms with E-state index in [1.807, 2.05) is 0 Å². The number of sulfonamides is 2. The number of halogens is 5. The molecule has 4 heterocycles. The number of carbonyl (C=O) groups excluding carboxylic acids is 5. The van der Waals surface area contributed by atoms with E-state index in [1.54, 1.807) is 23.3 Å². The topological polar surface area (TPSA) is 432 Å². The van der Waals surface area contributed by atoms with Crippen molar-refractivity contribution >= 4 is 92.5 Å². The van der Waals surface area contributed by atoms with Gasteiger partial charge in [0.25, 0.3) is 26.0 Å². The number of aromatic nitrogens is 6. The van der Waals surface area contributed by atoms with Gasteiger partial charge in [-0.25, -0.2) is 46.5 Å². The number of allylic oxidation sites excluding steroid dienone is 1. The van der Waals surface area contributed by atoms with Gasteiger partial charge in [0, 0.05) is 45.6 Å². The van der Waals surface area contributed by atoms with Crippen LogP contribution in [0.4, 0.5) is 49.5 Å². The Morgan fingerprint density at radius 1 is 0.879 bits per heavy atom. The molecule has 31 nitrogen and oxygen atoms in total. The molecule has 1 aliphatic carbocycles. The average molecular weight is 1360 g/mol. The van der Waals surface area contributed by atoms with Crippen molar-refractivity contribution in [3.05, 3.63) is 99.9 Å². The molecule has 2 aromatic carbocycles. The molecule has 2 unspecified atom stereocenters. The van der Waals surface area contributed by atoms with Crippen LogP contribution >= 0.6 is 19.0 Å².